The van der Waals surface area contributed by atoms with Crippen molar-refractivity contribution in [3.8, 4) is 0 Å². The number of nitrogens with one attached hydrogen (secondary N) is 1. The summed E-state index contributed by atoms with van der Waals surface area (Å²) in [6, 6.07) is 0.347. The number of amides is 1. The largest absolute Gasteiger partial charge is 0.350 e. The Morgan fingerprint density at radius 1 is 1.58 bits per heavy atom. The zero-order chi connectivity index (χ0) is 9.35. The summed E-state index contributed by atoms with van der Waals surface area (Å²) in [5.41, 5.74) is 0. The highest BCUT2D eigenvalue weighted by atomic mass is 79.9. The smallest absolute Gasteiger partial charge is 0.236 e. The second kappa shape index (κ2) is 3.34. The second-order valence-electron chi connectivity index (χ2n) is 3.86. The number of carbonyl (C=O) groups is 1. The molecule has 0 saturated carbocycles. The van der Waals surface area contributed by atoms with E-state index < -0.39 is 4.32 Å². The van der Waals surface area contributed by atoms with Crippen molar-refractivity contribution in [3.05, 3.63) is 0 Å². The third kappa shape index (κ3) is 2.45. The summed E-state index contributed by atoms with van der Waals surface area (Å²) >= 11 is 3.32. The van der Waals surface area contributed by atoms with Gasteiger partial charge in [0.2, 0.25) is 5.91 Å². The Morgan fingerprint density at radius 2 is 2.08 bits per heavy atom. The number of nitrogens with zero attached hydrogens (tertiary/aromatic N) is 1. The Kier molecular flexibility index (Phi) is 2.78. The van der Waals surface area contributed by atoms with Gasteiger partial charge in [-0.1, -0.05) is 15.9 Å². The molecule has 1 amide bonds. The predicted molar refractivity (Wildman–Crippen MR) is 52.4 cm³/mol. The van der Waals surface area contributed by atoms with Gasteiger partial charge < -0.3 is 10.2 Å². The van der Waals surface area contributed by atoms with Gasteiger partial charge in [-0.05, 0) is 20.9 Å². The van der Waals surface area contributed by atoms with E-state index in [1.165, 1.54) is 0 Å². The van der Waals surface area contributed by atoms with Crippen LogP contribution in [-0.2, 0) is 4.79 Å². The van der Waals surface area contributed by atoms with Crippen molar-refractivity contribution < 1.29 is 4.79 Å². The first-order chi connectivity index (χ1) is 5.39. The van der Waals surface area contributed by atoms with Crippen LogP contribution in [0, 0.1) is 0 Å². The van der Waals surface area contributed by atoms with Crippen LogP contribution in [0.15, 0.2) is 0 Å². The molecule has 0 atom stereocenters. The lowest BCUT2D eigenvalue weighted by atomic mass is 10.1. The van der Waals surface area contributed by atoms with Crippen LogP contribution < -0.4 is 5.32 Å². The van der Waals surface area contributed by atoms with Gasteiger partial charge in [0.25, 0.3) is 0 Å². The number of hydrogen-bond donors (Lipinski definition) is 1. The van der Waals surface area contributed by atoms with Crippen LogP contribution in [0.3, 0.4) is 0 Å². The van der Waals surface area contributed by atoms with Gasteiger partial charge in [-0.25, -0.2) is 0 Å². The van der Waals surface area contributed by atoms with E-state index in [0.717, 1.165) is 13.1 Å². The molecule has 0 spiro atoms. The van der Waals surface area contributed by atoms with Crippen molar-refractivity contribution in [2.45, 2.75) is 24.2 Å². The standard InChI is InChI=1S/C8H15BrN2O/c1-8(2,9)7(12)10-6-4-11(3)5-6/h6H,4-5H2,1-3H3,(H,10,12). The van der Waals surface area contributed by atoms with Crippen LogP contribution in [0.5, 0.6) is 0 Å². The molecule has 4 heteroatoms. The number of likely N-dealkylation sites (tertiary alicyclic amines) is 1. The van der Waals surface area contributed by atoms with Crippen LogP contribution in [-0.4, -0.2) is 41.3 Å². The molecule has 0 bridgehead atoms. The predicted octanol–water partition coefficient (Wildman–Crippen LogP) is 0.590. The van der Waals surface area contributed by atoms with E-state index in [-0.39, 0.29) is 5.91 Å². The summed E-state index contributed by atoms with van der Waals surface area (Å²) < 4.78 is -0.443. The van der Waals surface area contributed by atoms with Crippen LogP contribution in [0.25, 0.3) is 0 Å². The number of carbonyl (C=O) groups excluding carboxylic acids is 1. The van der Waals surface area contributed by atoms with Crippen molar-refractivity contribution in [2.24, 2.45) is 0 Å². The molecule has 0 aromatic carbocycles. The molecule has 1 N–H and O–H groups in total. The maximum Gasteiger partial charge on any atom is 0.236 e. The van der Waals surface area contributed by atoms with E-state index in [2.05, 4.69) is 26.1 Å². The quantitative estimate of drug-likeness (QED) is 0.710. The third-order valence-corrected chi connectivity index (χ3v) is 2.30. The van der Waals surface area contributed by atoms with Gasteiger partial charge in [-0.2, -0.15) is 0 Å². The summed E-state index contributed by atoms with van der Waals surface area (Å²) in [4.78, 5) is 13.6. The summed E-state index contributed by atoms with van der Waals surface area (Å²) in [5, 5.41) is 2.96. The minimum absolute atomic E-state index is 0.0700. The average molecular weight is 235 g/mol. The molecule has 0 aromatic heterocycles. The molecule has 1 aliphatic heterocycles. The number of halogens is 1. The number of likely N-dealkylation sites (N-methyl/N-ethyl adjacent to an activating group) is 1. The Balaban J connectivity index is 2.28. The maximum absolute atomic E-state index is 11.4. The Bertz CT molecular complexity index is 182. The molecular weight excluding hydrogens is 220 g/mol. The Morgan fingerprint density at radius 3 is 2.42 bits per heavy atom. The van der Waals surface area contributed by atoms with Crippen LogP contribution in [0.2, 0.25) is 0 Å². The van der Waals surface area contributed by atoms with E-state index in [4.69, 9.17) is 0 Å². The molecule has 12 heavy (non-hydrogen) atoms. The summed E-state index contributed by atoms with van der Waals surface area (Å²) in [7, 11) is 2.04. The van der Waals surface area contributed by atoms with Crippen LogP contribution in [0.4, 0.5) is 0 Å². The fourth-order valence-corrected chi connectivity index (χ4v) is 1.26. The zero-order valence-corrected chi connectivity index (χ0v) is 9.31. The summed E-state index contributed by atoms with van der Waals surface area (Å²) in [5.74, 6) is 0.0700. The Labute approximate surface area is 81.6 Å². The molecule has 0 aromatic rings. The Hall–Kier alpha value is -0.0900. The van der Waals surface area contributed by atoms with Gasteiger partial charge in [-0.3, -0.25) is 4.79 Å². The van der Waals surface area contributed by atoms with Gasteiger partial charge >= 0.3 is 0 Å². The van der Waals surface area contributed by atoms with E-state index in [9.17, 15) is 4.79 Å². The third-order valence-electron chi connectivity index (χ3n) is 1.94. The van der Waals surface area contributed by atoms with Crippen molar-refractivity contribution >= 4 is 21.8 Å². The van der Waals surface area contributed by atoms with Crippen molar-refractivity contribution in [3.63, 3.8) is 0 Å². The van der Waals surface area contributed by atoms with E-state index in [1.54, 1.807) is 0 Å². The highest BCUT2D eigenvalue weighted by molar-refractivity contribution is 9.10. The molecule has 1 rings (SSSR count). The normalized spacial score (nSPS) is 20.3. The minimum atomic E-state index is -0.443. The molecule has 1 heterocycles. The van der Waals surface area contributed by atoms with Crippen molar-refractivity contribution in [2.75, 3.05) is 20.1 Å². The topological polar surface area (TPSA) is 32.3 Å². The van der Waals surface area contributed by atoms with Gasteiger partial charge in [0, 0.05) is 13.1 Å². The molecule has 0 radical (unpaired) electrons. The molecular formula is C8H15BrN2O. The molecule has 1 fully saturated rings. The molecule has 1 aliphatic rings. The van der Waals surface area contributed by atoms with Gasteiger partial charge in [-0.15, -0.1) is 0 Å². The highest BCUT2D eigenvalue weighted by Gasteiger charge is 2.30. The lowest BCUT2D eigenvalue weighted by molar-refractivity contribution is -0.124. The summed E-state index contributed by atoms with van der Waals surface area (Å²) in [6.07, 6.45) is 0. The monoisotopic (exact) mass is 234 g/mol. The molecule has 3 nitrogen and oxygen atoms in total. The van der Waals surface area contributed by atoms with E-state index >= 15 is 0 Å². The minimum Gasteiger partial charge on any atom is -0.350 e. The second-order valence-corrected chi connectivity index (χ2v) is 5.85. The molecule has 1 saturated heterocycles. The summed E-state index contributed by atoms with van der Waals surface area (Å²) in [6.45, 7) is 5.64. The number of alkyl halides is 1. The van der Waals surface area contributed by atoms with Gasteiger partial charge in [0.05, 0.1) is 10.4 Å². The van der Waals surface area contributed by atoms with Crippen molar-refractivity contribution in [1.29, 1.82) is 0 Å². The van der Waals surface area contributed by atoms with Gasteiger partial charge in [0.1, 0.15) is 0 Å². The lowest BCUT2D eigenvalue weighted by Gasteiger charge is -2.37. The van der Waals surface area contributed by atoms with Crippen LogP contribution in [0.1, 0.15) is 13.8 Å². The first kappa shape index (κ1) is 9.99. The number of hydrogen-bond acceptors (Lipinski definition) is 2. The van der Waals surface area contributed by atoms with Crippen molar-refractivity contribution in [1.82, 2.24) is 10.2 Å². The zero-order valence-electron chi connectivity index (χ0n) is 7.72. The maximum atomic E-state index is 11.4. The molecule has 0 unspecified atom stereocenters. The van der Waals surface area contributed by atoms with E-state index in [0.29, 0.717) is 6.04 Å². The van der Waals surface area contributed by atoms with Crippen LogP contribution >= 0.6 is 15.9 Å². The SMILES string of the molecule is CN1CC(NC(=O)C(C)(C)Br)C1. The molecule has 70 valence electrons. The lowest BCUT2D eigenvalue weighted by Crippen LogP contribution is -2.59. The number of rotatable bonds is 2. The van der Waals surface area contributed by atoms with Gasteiger partial charge in [0.15, 0.2) is 0 Å². The average Bonchev–Trinajstić information content (AvgIpc) is 1.82. The highest BCUT2D eigenvalue weighted by Crippen LogP contribution is 2.16. The first-order valence-electron chi connectivity index (χ1n) is 4.08. The fourth-order valence-electron chi connectivity index (χ4n) is 1.15. The molecule has 0 aliphatic carbocycles. The van der Waals surface area contributed by atoms with E-state index in [1.807, 2.05) is 20.9 Å². The fraction of sp³-hybridized carbons (Fsp3) is 0.875. The first-order valence-corrected chi connectivity index (χ1v) is 4.87.